The first-order chi connectivity index (χ1) is 10.3. The molecular formula is C17H25NO3. The third-order valence-corrected chi connectivity index (χ3v) is 4.18. The van der Waals surface area contributed by atoms with Crippen LogP contribution in [0, 0.1) is 0 Å². The number of fused-ring (bicyclic) bond motifs is 1. The summed E-state index contributed by atoms with van der Waals surface area (Å²) in [7, 11) is 0. The van der Waals surface area contributed by atoms with Gasteiger partial charge in [-0.1, -0.05) is 19.4 Å². The minimum absolute atomic E-state index is 0.432. The van der Waals surface area contributed by atoms with Crippen molar-refractivity contribution in [2.75, 3.05) is 19.8 Å². The molecule has 2 aliphatic rings. The molecule has 0 aliphatic carbocycles. The molecule has 0 aromatic heterocycles. The maximum atomic E-state index is 5.80. The van der Waals surface area contributed by atoms with E-state index in [9.17, 15) is 0 Å². The van der Waals surface area contributed by atoms with Crippen molar-refractivity contribution in [3.05, 3.63) is 23.8 Å². The topological polar surface area (TPSA) is 39.7 Å². The SMILES string of the molecule is CCCC1CC(NCc2ccc3c(c2)OCCO3)CCO1. The summed E-state index contributed by atoms with van der Waals surface area (Å²) >= 11 is 0. The monoisotopic (exact) mass is 291 g/mol. The first kappa shape index (κ1) is 14.7. The fourth-order valence-corrected chi connectivity index (χ4v) is 3.05. The van der Waals surface area contributed by atoms with Gasteiger partial charge in [-0.25, -0.2) is 0 Å². The molecule has 116 valence electrons. The number of benzene rings is 1. The van der Waals surface area contributed by atoms with Gasteiger partial charge in [0.2, 0.25) is 0 Å². The van der Waals surface area contributed by atoms with Gasteiger partial charge in [0.05, 0.1) is 6.10 Å². The maximum absolute atomic E-state index is 5.80. The predicted octanol–water partition coefficient (Wildman–Crippen LogP) is 2.90. The van der Waals surface area contributed by atoms with E-state index in [-0.39, 0.29) is 0 Å². The van der Waals surface area contributed by atoms with Crippen LogP contribution in [0.15, 0.2) is 18.2 Å². The molecule has 1 aromatic rings. The molecule has 2 aliphatic heterocycles. The quantitative estimate of drug-likeness (QED) is 0.905. The predicted molar refractivity (Wildman–Crippen MR) is 81.9 cm³/mol. The van der Waals surface area contributed by atoms with E-state index < -0.39 is 0 Å². The number of ether oxygens (including phenoxy) is 3. The van der Waals surface area contributed by atoms with Crippen LogP contribution in [0.1, 0.15) is 38.2 Å². The molecule has 0 amide bonds. The fraction of sp³-hybridized carbons (Fsp3) is 0.647. The molecule has 1 fully saturated rings. The first-order valence-corrected chi connectivity index (χ1v) is 8.08. The Morgan fingerprint density at radius 2 is 2.00 bits per heavy atom. The van der Waals surface area contributed by atoms with E-state index in [1.165, 1.54) is 18.4 Å². The summed E-state index contributed by atoms with van der Waals surface area (Å²) in [5.41, 5.74) is 1.25. The summed E-state index contributed by atoms with van der Waals surface area (Å²) in [4.78, 5) is 0. The Morgan fingerprint density at radius 1 is 1.14 bits per heavy atom. The summed E-state index contributed by atoms with van der Waals surface area (Å²) < 4.78 is 17.0. The Kier molecular flexibility index (Phi) is 4.99. The highest BCUT2D eigenvalue weighted by atomic mass is 16.6. The molecule has 2 heterocycles. The van der Waals surface area contributed by atoms with Gasteiger partial charge in [-0.05, 0) is 37.0 Å². The van der Waals surface area contributed by atoms with Crippen LogP contribution in [-0.2, 0) is 11.3 Å². The van der Waals surface area contributed by atoms with Crippen molar-refractivity contribution >= 4 is 0 Å². The normalized spacial score (nSPS) is 24.8. The first-order valence-electron chi connectivity index (χ1n) is 8.08. The van der Waals surface area contributed by atoms with Crippen LogP contribution in [0.4, 0.5) is 0 Å². The van der Waals surface area contributed by atoms with Crippen LogP contribution in [0.25, 0.3) is 0 Å². The second kappa shape index (κ2) is 7.14. The van der Waals surface area contributed by atoms with E-state index in [2.05, 4.69) is 24.4 Å². The highest BCUT2D eigenvalue weighted by molar-refractivity contribution is 5.43. The van der Waals surface area contributed by atoms with E-state index in [0.717, 1.165) is 37.5 Å². The molecule has 21 heavy (non-hydrogen) atoms. The van der Waals surface area contributed by atoms with Crippen molar-refractivity contribution in [1.29, 1.82) is 0 Å². The van der Waals surface area contributed by atoms with Crippen molar-refractivity contribution in [1.82, 2.24) is 5.32 Å². The lowest BCUT2D eigenvalue weighted by molar-refractivity contribution is -0.00343. The molecule has 1 aromatic carbocycles. The number of hydrogen-bond donors (Lipinski definition) is 1. The van der Waals surface area contributed by atoms with Crippen LogP contribution in [0.3, 0.4) is 0 Å². The van der Waals surface area contributed by atoms with E-state index in [4.69, 9.17) is 14.2 Å². The largest absolute Gasteiger partial charge is 0.486 e. The molecule has 3 rings (SSSR count). The summed E-state index contributed by atoms with van der Waals surface area (Å²) in [5, 5.41) is 3.66. The van der Waals surface area contributed by atoms with Gasteiger partial charge in [0.25, 0.3) is 0 Å². The van der Waals surface area contributed by atoms with Gasteiger partial charge in [0, 0.05) is 19.2 Å². The molecular weight excluding hydrogens is 266 g/mol. The van der Waals surface area contributed by atoms with Crippen molar-refractivity contribution in [2.45, 2.75) is 51.3 Å². The van der Waals surface area contributed by atoms with Gasteiger partial charge < -0.3 is 19.5 Å². The Balaban J connectivity index is 1.52. The second-order valence-electron chi connectivity index (χ2n) is 5.86. The maximum Gasteiger partial charge on any atom is 0.161 e. The summed E-state index contributed by atoms with van der Waals surface area (Å²) in [6.07, 6.45) is 5.02. The zero-order valence-corrected chi connectivity index (χ0v) is 12.8. The van der Waals surface area contributed by atoms with Crippen LogP contribution < -0.4 is 14.8 Å². The van der Waals surface area contributed by atoms with Crippen molar-refractivity contribution in [3.8, 4) is 11.5 Å². The lowest BCUT2D eigenvalue weighted by Crippen LogP contribution is -2.38. The highest BCUT2D eigenvalue weighted by Gasteiger charge is 2.21. The number of rotatable bonds is 5. The molecule has 4 nitrogen and oxygen atoms in total. The number of hydrogen-bond acceptors (Lipinski definition) is 4. The van der Waals surface area contributed by atoms with Crippen molar-refractivity contribution < 1.29 is 14.2 Å². The van der Waals surface area contributed by atoms with Crippen LogP contribution in [-0.4, -0.2) is 32.0 Å². The summed E-state index contributed by atoms with van der Waals surface area (Å²) in [6, 6.07) is 6.77. The molecule has 2 atom stereocenters. The molecule has 1 N–H and O–H groups in total. The minimum atomic E-state index is 0.432. The minimum Gasteiger partial charge on any atom is -0.486 e. The molecule has 4 heteroatoms. The molecule has 0 radical (unpaired) electrons. The van der Waals surface area contributed by atoms with Crippen LogP contribution in [0.2, 0.25) is 0 Å². The molecule has 0 bridgehead atoms. The third kappa shape index (κ3) is 3.89. The van der Waals surface area contributed by atoms with Crippen molar-refractivity contribution in [2.24, 2.45) is 0 Å². The summed E-state index contributed by atoms with van der Waals surface area (Å²) in [6.45, 7) is 5.26. The van der Waals surface area contributed by atoms with Gasteiger partial charge in [-0.2, -0.15) is 0 Å². The third-order valence-electron chi connectivity index (χ3n) is 4.18. The van der Waals surface area contributed by atoms with Gasteiger partial charge in [0.15, 0.2) is 11.5 Å². The van der Waals surface area contributed by atoms with E-state index in [0.29, 0.717) is 25.4 Å². The van der Waals surface area contributed by atoms with Gasteiger partial charge >= 0.3 is 0 Å². The average molecular weight is 291 g/mol. The Hall–Kier alpha value is -1.26. The smallest absolute Gasteiger partial charge is 0.161 e. The zero-order chi connectivity index (χ0) is 14.5. The van der Waals surface area contributed by atoms with Crippen LogP contribution in [0.5, 0.6) is 11.5 Å². The Labute approximate surface area is 126 Å². The molecule has 1 saturated heterocycles. The van der Waals surface area contributed by atoms with Crippen LogP contribution >= 0.6 is 0 Å². The van der Waals surface area contributed by atoms with E-state index in [1.807, 2.05) is 6.07 Å². The van der Waals surface area contributed by atoms with E-state index >= 15 is 0 Å². The van der Waals surface area contributed by atoms with Crippen molar-refractivity contribution in [3.63, 3.8) is 0 Å². The fourth-order valence-electron chi connectivity index (χ4n) is 3.05. The average Bonchev–Trinajstić information content (AvgIpc) is 2.53. The lowest BCUT2D eigenvalue weighted by atomic mass is 10.00. The molecule has 2 unspecified atom stereocenters. The highest BCUT2D eigenvalue weighted by Crippen LogP contribution is 2.30. The summed E-state index contributed by atoms with van der Waals surface area (Å²) in [5.74, 6) is 1.73. The van der Waals surface area contributed by atoms with Gasteiger partial charge in [-0.3, -0.25) is 0 Å². The lowest BCUT2D eigenvalue weighted by Gasteiger charge is -2.30. The van der Waals surface area contributed by atoms with Gasteiger partial charge in [-0.15, -0.1) is 0 Å². The van der Waals surface area contributed by atoms with E-state index in [1.54, 1.807) is 0 Å². The standard InChI is InChI=1S/C17H25NO3/c1-2-3-15-11-14(6-7-19-15)18-12-13-4-5-16-17(10-13)21-9-8-20-16/h4-5,10,14-15,18H,2-3,6-9,11-12H2,1H3. The number of nitrogens with one attached hydrogen (secondary N) is 1. The Morgan fingerprint density at radius 3 is 2.86 bits per heavy atom. The zero-order valence-electron chi connectivity index (χ0n) is 12.8. The Bertz CT molecular complexity index is 461. The molecule has 0 saturated carbocycles. The molecule has 0 spiro atoms. The second-order valence-corrected chi connectivity index (χ2v) is 5.86. The van der Waals surface area contributed by atoms with Gasteiger partial charge in [0.1, 0.15) is 13.2 Å².